The van der Waals surface area contributed by atoms with E-state index in [-0.39, 0.29) is 11.5 Å². The van der Waals surface area contributed by atoms with E-state index in [1.54, 1.807) is 11.8 Å². The summed E-state index contributed by atoms with van der Waals surface area (Å²) in [6.45, 7) is 8.59. The van der Waals surface area contributed by atoms with E-state index in [0.29, 0.717) is 5.75 Å². The van der Waals surface area contributed by atoms with Crippen LogP contribution in [-0.2, 0) is 4.79 Å². The van der Waals surface area contributed by atoms with E-state index < -0.39 is 11.5 Å². The lowest BCUT2D eigenvalue weighted by Gasteiger charge is -2.44. The molecule has 1 saturated heterocycles. The van der Waals surface area contributed by atoms with Crippen LogP contribution in [0.2, 0.25) is 0 Å². The van der Waals surface area contributed by atoms with Gasteiger partial charge in [0.1, 0.15) is 5.54 Å². The molecule has 2 unspecified atom stereocenters. The molecule has 16 heavy (non-hydrogen) atoms. The lowest BCUT2D eigenvalue weighted by Crippen LogP contribution is -2.59. The molecule has 1 heterocycles. The smallest absolute Gasteiger partial charge is 0.325 e. The predicted octanol–water partition coefficient (Wildman–Crippen LogP) is 2.31. The number of hydrogen-bond donors (Lipinski definition) is 1. The zero-order valence-corrected chi connectivity index (χ0v) is 11.7. The molecule has 0 aromatic heterocycles. The number of thioether (sulfide) groups is 1. The van der Waals surface area contributed by atoms with Gasteiger partial charge in [0.25, 0.3) is 0 Å². The SMILES string of the molecule is CC(N(C)C1(C(=O)O)CCSC1)C(C)(C)C. The van der Waals surface area contributed by atoms with E-state index in [4.69, 9.17) is 0 Å². The molecule has 1 N–H and O–H groups in total. The molecular formula is C12H23NO2S. The Labute approximate surface area is 103 Å². The summed E-state index contributed by atoms with van der Waals surface area (Å²) in [5.41, 5.74) is -0.554. The van der Waals surface area contributed by atoms with Crippen LogP contribution in [0, 0.1) is 5.41 Å². The van der Waals surface area contributed by atoms with E-state index in [1.807, 2.05) is 7.05 Å². The summed E-state index contributed by atoms with van der Waals surface area (Å²) in [5, 5.41) is 9.49. The molecule has 0 amide bonds. The summed E-state index contributed by atoms with van der Waals surface area (Å²) in [4.78, 5) is 13.6. The maximum atomic E-state index is 11.5. The van der Waals surface area contributed by atoms with Crippen molar-refractivity contribution in [3.8, 4) is 0 Å². The maximum absolute atomic E-state index is 11.5. The highest BCUT2D eigenvalue weighted by molar-refractivity contribution is 7.99. The van der Waals surface area contributed by atoms with Gasteiger partial charge in [-0.1, -0.05) is 20.8 Å². The second kappa shape index (κ2) is 4.57. The molecular weight excluding hydrogens is 222 g/mol. The molecule has 0 aliphatic carbocycles. The minimum atomic E-state index is -0.670. The van der Waals surface area contributed by atoms with Crippen molar-refractivity contribution >= 4 is 17.7 Å². The summed E-state index contributed by atoms with van der Waals surface area (Å²) < 4.78 is 0. The van der Waals surface area contributed by atoms with Gasteiger partial charge in [-0.05, 0) is 31.6 Å². The van der Waals surface area contributed by atoms with Gasteiger partial charge in [-0.2, -0.15) is 11.8 Å². The Bertz CT molecular complexity index is 267. The maximum Gasteiger partial charge on any atom is 0.325 e. The predicted molar refractivity (Wildman–Crippen MR) is 69.0 cm³/mol. The fourth-order valence-corrected chi connectivity index (χ4v) is 3.54. The average Bonchev–Trinajstić information content (AvgIpc) is 2.63. The molecule has 0 saturated carbocycles. The first-order chi connectivity index (χ1) is 7.22. The van der Waals surface area contributed by atoms with Crippen molar-refractivity contribution in [2.24, 2.45) is 5.41 Å². The van der Waals surface area contributed by atoms with Crippen LogP contribution < -0.4 is 0 Å². The van der Waals surface area contributed by atoms with Crippen molar-refractivity contribution in [2.75, 3.05) is 18.6 Å². The first-order valence-electron chi connectivity index (χ1n) is 5.76. The summed E-state index contributed by atoms with van der Waals surface area (Å²) in [6.07, 6.45) is 0.754. The molecule has 4 heteroatoms. The zero-order valence-electron chi connectivity index (χ0n) is 10.9. The van der Waals surface area contributed by atoms with Crippen molar-refractivity contribution in [2.45, 2.75) is 45.7 Å². The van der Waals surface area contributed by atoms with Crippen LogP contribution in [-0.4, -0.2) is 46.1 Å². The minimum Gasteiger partial charge on any atom is -0.480 e. The fourth-order valence-electron chi connectivity index (χ4n) is 2.10. The largest absolute Gasteiger partial charge is 0.480 e. The van der Waals surface area contributed by atoms with Crippen molar-refractivity contribution in [3.63, 3.8) is 0 Å². The average molecular weight is 245 g/mol. The summed E-state index contributed by atoms with van der Waals surface area (Å²) in [7, 11) is 1.95. The van der Waals surface area contributed by atoms with Crippen LogP contribution in [0.1, 0.15) is 34.1 Å². The topological polar surface area (TPSA) is 40.5 Å². The number of carboxylic acids is 1. The van der Waals surface area contributed by atoms with Gasteiger partial charge in [0, 0.05) is 11.8 Å². The van der Waals surface area contributed by atoms with Crippen LogP contribution in [0.3, 0.4) is 0 Å². The fraction of sp³-hybridized carbons (Fsp3) is 0.917. The summed E-state index contributed by atoms with van der Waals surface area (Å²) in [6, 6.07) is 0.252. The molecule has 94 valence electrons. The first-order valence-corrected chi connectivity index (χ1v) is 6.91. The standard InChI is InChI=1S/C12H23NO2S/c1-9(11(2,3)4)13(5)12(10(14)15)6-7-16-8-12/h9H,6-8H2,1-5H3,(H,14,15). The molecule has 1 rings (SSSR count). The first kappa shape index (κ1) is 13.8. The molecule has 0 spiro atoms. The third-order valence-corrected chi connectivity index (χ3v) is 5.08. The number of aliphatic carboxylic acids is 1. The number of likely N-dealkylation sites (N-methyl/N-ethyl adjacent to an activating group) is 1. The van der Waals surface area contributed by atoms with E-state index in [9.17, 15) is 9.90 Å². The highest BCUT2D eigenvalue weighted by atomic mass is 32.2. The van der Waals surface area contributed by atoms with Gasteiger partial charge in [-0.25, -0.2) is 0 Å². The molecule has 0 bridgehead atoms. The number of hydrogen-bond acceptors (Lipinski definition) is 3. The van der Waals surface area contributed by atoms with Gasteiger partial charge in [0.2, 0.25) is 0 Å². The van der Waals surface area contributed by atoms with Gasteiger partial charge < -0.3 is 5.11 Å². The van der Waals surface area contributed by atoms with Gasteiger partial charge in [0.15, 0.2) is 0 Å². The second-order valence-corrected chi connectivity index (χ2v) is 6.90. The zero-order chi connectivity index (χ0) is 12.6. The monoisotopic (exact) mass is 245 g/mol. The Morgan fingerprint density at radius 3 is 2.38 bits per heavy atom. The van der Waals surface area contributed by atoms with Crippen molar-refractivity contribution in [1.82, 2.24) is 4.90 Å². The number of nitrogens with zero attached hydrogens (tertiary/aromatic N) is 1. The number of rotatable bonds is 3. The Morgan fingerprint density at radius 1 is 1.50 bits per heavy atom. The Kier molecular flexibility index (Phi) is 3.95. The van der Waals surface area contributed by atoms with E-state index in [2.05, 4.69) is 32.6 Å². The normalized spacial score (nSPS) is 28.4. The van der Waals surface area contributed by atoms with Crippen molar-refractivity contribution < 1.29 is 9.90 Å². The highest BCUT2D eigenvalue weighted by Crippen LogP contribution is 2.37. The molecule has 0 aromatic rings. The van der Waals surface area contributed by atoms with Gasteiger partial charge in [-0.3, -0.25) is 9.69 Å². The van der Waals surface area contributed by atoms with Gasteiger partial charge in [-0.15, -0.1) is 0 Å². The molecule has 2 atom stereocenters. The van der Waals surface area contributed by atoms with Gasteiger partial charge >= 0.3 is 5.97 Å². The van der Waals surface area contributed by atoms with Crippen LogP contribution in [0.15, 0.2) is 0 Å². The number of carboxylic acid groups (broad SMARTS) is 1. The van der Waals surface area contributed by atoms with Crippen molar-refractivity contribution in [1.29, 1.82) is 0 Å². The molecule has 0 aromatic carbocycles. The van der Waals surface area contributed by atoms with Crippen LogP contribution in [0.4, 0.5) is 0 Å². The molecule has 1 aliphatic heterocycles. The van der Waals surface area contributed by atoms with Gasteiger partial charge in [0.05, 0.1) is 0 Å². The third kappa shape index (κ3) is 2.38. The second-order valence-electron chi connectivity index (χ2n) is 5.79. The van der Waals surface area contributed by atoms with Crippen LogP contribution in [0.5, 0.6) is 0 Å². The minimum absolute atomic E-state index is 0.102. The molecule has 1 aliphatic rings. The van der Waals surface area contributed by atoms with E-state index in [0.717, 1.165) is 12.2 Å². The van der Waals surface area contributed by atoms with E-state index >= 15 is 0 Å². The third-order valence-electron chi connectivity index (χ3n) is 3.91. The van der Waals surface area contributed by atoms with E-state index in [1.165, 1.54) is 0 Å². The molecule has 3 nitrogen and oxygen atoms in total. The highest BCUT2D eigenvalue weighted by Gasteiger charge is 2.48. The quantitative estimate of drug-likeness (QED) is 0.828. The van der Waals surface area contributed by atoms with Crippen LogP contribution >= 0.6 is 11.8 Å². The Balaban J connectivity index is 2.92. The summed E-state index contributed by atoms with van der Waals surface area (Å²) >= 11 is 1.74. The Hall–Kier alpha value is -0.220. The Morgan fingerprint density at radius 2 is 2.06 bits per heavy atom. The molecule has 0 radical (unpaired) electrons. The lowest BCUT2D eigenvalue weighted by atomic mass is 9.83. The lowest BCUT2D eigenvalue weighted by molar-refractivity contribution is -0.151. The summed E-state index contributed by atoms with van der Waals surface area (Å²) in [5.74, 6) is 0.989. The van der Waals surface area contributed by atoms with Crippen molar-refractivity contribution in [3.05, 3.63) is 0 Å². The number of carbonyl (C=O) groups is 1. The van der Waals surface area contributed by atoms with Crippen LogP contribution in [0.25, 0.3) is 0 Å². The molecule has 1 fully saturated rings.